The first-order valence-electron chi connectivity index (χ1n) is 8.15. The number of aliphatic carboxylic acids is 1. The first-order chi connectivity index (χ1) is 11.3. The molecule has 0 aromatic heterocycles. The molecule has 0 aliphatic heterocycles. The molecule has 1 atom stereocenters. The Balaban J connectivity index is 2.54. The first kappa shape index (κ1) is 19.8. The Morgan fingerprint density at radius 1 is 1.17 bits per heavy atom. The number of carbonyl (C=O) groups is 2. The van der Waals surface area contributed by atoms with Crippen LogP contribution in [0.4, 0.5) is 0 Å². The number of benzene rings is 1. The van der Waals surface area contributed by atoms with Crippen LogP contribution in [-0.2, 0) is 9.59 Å². The molecule has 0 spiro atoms. The van der Waals surface area contributed by atoms with Crippen LogP contribution in [0.25, 0.3) is 0 Å². The van der Waals surface area contributed by atoms with Crippen LogP contribution in [0.5, 0.6) is 11.5 Å². The van der Waals surface area contributed by atoms with Gasteiger partial charge in [-0.05, 0) is 43.5 Å². The van der Waals surface area contributed by atoms with Crippen molar-refractivity contribution >= 4 is 11.9 Å². The number of amides is 1. The lowest BCUT2D eigenvalue weighted by Crippen LogP contribution is -2.52. The Kier molecular flexibility index (Phi) is 7.55. The van der Waals surface area contributed by atoms with Gasteiger partial charge in [-0.2, -0.15) is 0 Å². The Bertz CT molecular complexity index is 541. The topological polar surface area (TPSA) is 84.9 Å². The van der Waals surface area contributed by atoms with Crippen LogP contribution in [0.2, 0.25) is 0 Å². The fourth-order valence-corrected chi connectivity index (χ4v) is 2.06. The summed E-state index contributed by atoms with van der Waals surface area (Å²) in [6, 6.07) is 7.03. The Labute approximate surface area is 143 Å². The summed E-state index contributed by atoms with van der Waals surface area (Å²) in [5, 5.41) is 11.8. The Morgan fingerprint density at radius 3 is 2.17 bits per heavy atom. The molecule has 2 N–H and O–H groups in total. The Morgan fingerprint density at radius 2 is 1.71 bits per heavy atom. The van der Waals surface area contributed by atoms with Crippen molar-refractivity contribution in [3.05, 3.63) is 24.3 Å². The molecule has 134 valence electrons. The molecule has 0 aliphatic rings. The van der Waals surface area contributed by atoms with Gasteiger partial charge in [0.05, 0.1) is 18.6 Å². The molecule has 0 saturated carbocycles. The summed E-state index contributed by atoms with van der Waals surface area (Å²) in [6.45, 7) is 7.99. The highest BCUT2D eigenvalue weighted by Gasteiger charge is 2.32. The first-order valence-corrected chi connectivity index (χ1v) is 8.15. The van der Waals surface area contributed by atoms with Crippen molar-refractivity contribution in [2.24, 2.45) is 5.92 Å². The third-order valence-corrected chi connectivity index (χ3v) is 3.88. The SMILES string of the molecule is CCCOc1ccc(OCC(=O)NC(C)(CC(=O)O)C(C)C)cc1. The van der Waals surface area contributed by atoms with E-state index in [0.29, 0.717) is 12.4 Å². The minimum atomic E-state index is -0.949. The van der Waals surface area contributed by atoms with Crippen molar-refractivity contribution in [3.63, 3.8) is 0 Å². The van der Waals surface area contributed by atoms with Crippen LogP contribution in [-0.4, -0.2) is 35.7 Å². The van der Waals surface area contributed by atoms with E-state index in [1.807, 2.05) is 20.8 Å². The molecule has 0 heterocycles. The molecule has 6 heteroatoms. The molecular weight excluding hydrogens is 310 g/mol. The fraction of sp³-hybridized carbons (Fsp3) is 0.556. The van der Waals surface area contributed by atoms with Crippen molar-refractivity contribution < 1.29 is 24.2 Å². The molecule has 1 aromatic carbocycles. The van der Waals surface area contributed by atoms with Crippen LogP contribution >= 0.6 is 0 Å². The molecule has 1 amide bonds. The standard InChI is InChI=1S/C18H27NO5/c1-5-10-23-14-6-8-15(9-7-14)24-12-16(20)19-18(4,13(2)3)11-17(21)22/h6-9,13H,5,10-12H2,1-4H3,(H,19,20)(H,21,22). The van der Waals surface area contributed by atoms with Crippen LogP contribution in [0.1, 0.15) is 40.5 Å². The molecule has 6 nitrogen and oxygen atoms in total. The average Bonchev–Trinajstić information content (AvgIpc) is 2.51. The second kappa shape index (κ2) is 9.15. The highest BCUT2D eigenvalue weighted by molar-refractivity contribution is 5.79. The summed E-state index contributed by atoms with van der Waals surface area (Å²) >= 11 is 0. The number of hydrogen-bond donors (Lipinski definition) is 2. The molecule has 1 unspecified atom stereocenters. The van der Waals surface area contributed by atoms with E-state index in [9.17, 15) is 9.59 Å². The zero-order valence-corrected chi connectivity index (χ0v) is 14.8. The lowest BCUT2D eigenvalue weighted by Gasteiger charge is -2.33. The maximum absolute atomic E-state index is 12.1. The third-order valence-electron chi connectivity index (χ3n) is 3.88. The predicted molar refractivity (Wildman–Crippen MR) is 91.4 cm³/mol. The van der Waals surface area contributed by atoms with Gasteiger partial charge in [0.15, 0.2) is 6.61 Å². The maximum atomic E-state index is 12.1. The van der Waals surface area contributed by atoms with Gasteiger partial charge in [-0.3, -0.25) is 9.59 Å². The summed E-state index contributed by atoms with van der Waals surface area (Å²) in [6.07, 6.45) is 0.795. The monoisotopic (exact) mass is 337 g/mol. The van der Waals surface area contributed by atoms with Gasteiger partial charge >= 0.3 is 5.97 Å². The lowest BCUT2D eigenvalue weighted by molar-refractivity contribution is -0.139. The van der Waals surface area contributed by atoms with E-state index in [1.54, 1.807) is 31.2 Å². The van der Waals surface area contributed by atoms with Gasteiger partial charge in [-0.25, -0.2) is 0 Å². The molecule has 1 rings (SSSR count). The van der Waals surface area contributed by atoms with Crippen LogP contribution < -0.4 is 14.8 Å². The molecule has 0 fully saturated rings. The van der Waals surface area contributed by atoms with Gasteiger partial charge in [0.25, 0.3) is 5.91 Å². The zero-order chi connectivity index (χ0) is 18.2. The molecule has 0 bridgehead atoms. The van der Waals surface area contributed by atoms with Crippen molar-refractivity contribution in [2.45, 2.75) is 46.1 Å². The van der Waals surface area contributed by atoms with Crippen molar-refractivity contribution in [1.82, 2.24) is 5.32 Å². The summed E-state index contributed by atoms with van der Waals surface area (Å²) in [5.74, 6) is -0.0117. The number of ether oxygens (including phenoxy) is 2. The van der Waals surface area contributed by atoms with Crippen molar-refractivity contribution in [3.8, 4) is 11.5 Å². The van der Waals surface area contributed by atoms with Crippen molar-refractivity contribution in [1.29, 1.82) is 0 Å². The average molecular weight is 337 g/mol. The second-order valence-electron chi connectivity index (χ2n) is 6.30. The number of carboxylic acid groups (broad SMARTS) is 1. The highest BCUT2D eigenvalue weighted by Crippen LogP contribution is 2.21. The van der Waals surface area contributed by atoms with E-state index in [-0.39, 0.29) is 24.9 Å². The van der Waals surface area contributed by atoms with E-state index in [2.05, 4.69) is 5.32 Å². The molecular formula is C18H27NO5. The number of carbonyl (C=O) groups excluding carboxylic acids is 1. The predicted octanol–water partition coefficient (Wildman–Crippen LogP) is 2.86. The van der Waals surface area contributed by atoms with E-state index < -0.39 is 11.5 Å². The second-order valence-corrected chi connectivity index (χ2v) is 6.30. The number of nitrogens with one attached hydrogen (secondary N) is 1. The molecule has 0 radical (unpaired) electrons. The summed E-state index contributed by atoms with van der Waals surface area (Å²) < 4.78 is 10.9. The smallest absolute Gasteiger partial charge is 0.305 e. The molecule has 1 aromatic rings. The van der Waals surface area contributed by atoms with E-state index in [4.69, 9.17) is 14.6 Å². The summed E-state index contributed by atoms with van der Waals surface area (Å²) in [7, 11) is 0. The summed E-state index contributed by atoms with van der Waals surface area (Å²) in [5.41, 5.74) is -0.815. The molecule has 0 aliphatic carbocycles. The molecule has 0 saturated heterocycles. The van der Waals surface area contributed by atoms with Crippen LogP contribution in [0.15, 0.2) is 24.3 Å². The van der Waals surface area contributed by atoms with Gasteiger partial charge in [-0.15, -0.1) is 0 Å². The van der Waals surface area contributed by atoms with Crippen LogP contribution in [0, 0.1) is 5.92 Å². The zero-order valence-electron chi connectivity index (χ0n) is 14.8. The van der Waals surface area contributed by atoms with E-state index >= 15 is 0 Å². The van der Waals surface area contributed by atoms with Gasteiger partial charge in [0.1, 0.15) is 11.5 Å². The van der Waals surface area contributed by atoms with Crippen molar-refractivity contribution in [2.75, 3.05) is 13.2 Å². The minimum Gasteiger partial charge on any atom is -0.494 e. The maximum Gasteiger partial charge on any atom is 0.305 e. The quantitative estimate of drug-likeness (QED) is 0.686. The van der Waals surface area contributed by atoms with Gasteiger partial charge in [0.2, 0.25) is 0 Å². The number of rotatable bonds is 10. The fourth-order valence-electron chi connectivity index (χ4n) is 2.06. The van der Waals surface area contributed by atoms with E-state index in [1.165, 1.54) is 0 Å². The number of hydrogen-bond acceptors (Lipinski definition) is 4. The number of carboxylic acids is 1. The normalized spacial score (nSPS) is 13.2. The van der Waals surface area contributed by atoms with Crippen LogP contribution in [0.3, 0.4) is 0 Å². The van der Waals surface area contributed by atoms with Gasteiger partial charge in [0, 0.05) is 0 Å². The largest absolute Gasteiger partial charge is 0.494 e. The van der Waals surface area contributed by atoms with Gasteiger partial charge < -0.3 is 19.9 Å². The minimum absolute atomic E-state index is 0.0208. The summed E-state index contributed by atoms with van der Waals surface area (Å²) in [4.78, 5) is 23.1. The highest BCUT2D eigenvalue weighted by atomic mass is 16.5. The van der Waals surface area contributed by atoms with Gasteiger partial charge in [-0.1, -0.05) is 20.8 Å². The lowest BCUT2D eigenvalue weighted by atomic mass is 9.85. The Hall–Kier alpha value is -2.24. The van der Waals surface area contributed by atoms with E-state index in [0.717, 1.165) is 12.2 Å². The molecule has 24 heavy (non-hydrogen) atoms. The third kappa shape index (κ3) is 6.48.